The molecule has 2 fully saturated rings. The summed E-state index contributed by atoms with van der Waals surface area (Å²) in [4.78, 5) is 21.9. The fraction of sp³-hybridized carbons (Fsp3) is 0.583. The fourth-order valence-electron chi connectivity index (χ4n) is 2.36. The molecule has 3 rings (SSSR count). The lowest BCUT2D eigenvalue weighted by atomic mass is 10.0. The van der Waals surface area contributed by atoms with E-state index in [4.69, 9.17) is 4.74 Å². The van der Waals surface area contributed by atoms with Crippen molar-refractivity contribution >= 4 is 11.7 Å². The van der Waals surface area contributed by atoms with Crippen molar-refractivity contribution in [2.75, 3.05) is 37.7 Å². The average molecular weight is 248 g/mol. The molecular weight excluding hydrogens is 232 g/mol. The highest BCUT2D eigenvalue weighted by atomic mass is 16.5. The number of hydrogen-bond acceptors (Lipinski definition) is 5. The van der Waals surface area contributed by atoms with Crippen LogP contribution in [0.1, 0.15) is 18.0 Å². The maximum absolute atomic E-state index is 11.4. The second-order valence-corrected chi connectivity index (χ2v) is 4.63. The maximum Gasteiger partial charge on any atom is 0.239 e. The molecule has 2 aliphatic rings. The Morgan fingerprint density at radius 3 is 3.17 bits per heavy atom. The van der Waals surface area contributed by atoms with Crippen LogP contribution in [0.15, 0.2) is 12.4 Å². The molecule has 1 unspecified atom stereocenters. The summed E-state index contributed by atoms with van der Waals surface area (Å²) in [5.74, 6) is 1.25. The van der Waals surface area contributed by atoms with Gasteiger partial charge in [-0.3, -0.25) is 4.79 Å². The number of piperazine rings is 1. The normalized spacial score (nSPS) is 24.1. The molecule has 2 saturated heterocycles. The van der Waals surface area contributed by atoms with Gasteiger partial charge in [0.15, 0.2) is 0 Å². The molecule has 0 spiro atoms. The summed E-state index contributed by atoms with van der Waals surface area (Å²) in [6.07, 6.45) is 2.59. The number of nitrogens with zero attached hydrogens (tertiary/aromatic N) is 3. The van der Waals surface area contributed by atoms with Crippen LogP contribution in [0.5, 0.6) is 0 Å². The molecule has 6 nitrogen and oxygen atoms in total. The van der Waals surface area contributed by atoms with Crippen LogP contribution in [0.25, 0.3) is 0 Å². The van der Waals surface area contributed by atoms with E-state index >= 15 is 0 Å². The van der Waals surface area contributed by atoms with E-state index < -0.39 is 0 Å². The summed E-state index contributed by atoms with van der Waals surface area (Å²) in [7, 11) is 0. The fourth-order valence-corrected chi connectivity index (χ4v) is 2.36. The molecule has 96 valence electrons. The number of ether oxygens (including phenoxy) is 1. The quantitative estimate of drug-likeness (QED) is 0.792. The minimum Gasteiger partial charge on any atom is -0.381 e. The van der Waals surface area contributed by atoms with Crippen LogP contribution < -0.4 is 10.2 Å². The van der Waals surface area contributed by atoms with Gasteiger partial charge < -0.3 is 15.0 Å². The second kappa shape index (κ2) is 4.89. The summed E-state index contributed by atoms with van der Waals surface area (Å²) in [6, 6.07) is 1.98. The molecule has 3 heterocycles. The van der Waals surface area contributed by atoms with Crippen LogP contribution in [0.2, 0.25) is 0 Å². The number of hydrogen-bond donors (Lipinski definition) is 1. The predicted molar refractivity (Wildman–Crippen MR) is 65.4 cm³/mol. The molecule has 2 aliphatic heterocycles. The molecule has 0 bridgehead atoms. The summed E-state index contributed by atoms with van der Waals surface area (Å²) >= 11 is 0. The van der Waals surface area contributed by atoms with E-state index in [-0.39, 0.29) is 5.91 Å². The molecule has 18 heavy (non-hydrogen) atoms. The number of rotatable bonds is 2. The van der Waals surface area contributed by atoms with Crippen molar-refractivity contribution < 1.29 is 9.53 Å². The number of anilines is 1. The molecule has 1 aromatic rings. The Morgan fingerprint density at radius 1 is 1.44 bits per heavy atom. The van der Waals surface area contributed by atoms with Gasteiger partial charge in [-0.15, -0.1) is 0 Å². The Bertz CT molecular complexity index is 445. The lowest BCUT2D eigenvalue weighted by Gasteiger charge is -2.27. The smallest absolute Gasteiger partial charge is 0.239 e. The zero-order valence-electron chi connectivity index (χ0n) is 10.1. The first-order chi connectivity index (χ1) is 8.83. The monoisotopic (exact) mass is 248 g/mol. The van der Waals surface area contributed by atoms with Crippen molar-refractivity contribution in [2.45, 2.75) is 12.3 Å². The Balaban J connectivity index is 1.79. The summed E-state index contributed by atoms with van der Waals surface area (Å²) < 4.78 is 5.38. The minimum absolute atomic E-state index is 0.0469. The van der Waals surface area contributed by atoms with Gasteiger partial charge >= 0.3 is 0 Å². The number of nitrogens with one attached hydrogen (secondary N) is 1. The number of amides is 1. The third kappa shape index (κ3) is 2.28. The Labute approximate surface area is 105 Å². The first-order valence-corrected chi connectivity index (χ1v) is 6.24. The topological polar surface area (TPSA) is 67.4 Å². The SMILES string of the molecule is O=C1CN(c2cc(C3CCOC3)ncn2)CCN1. The van der Waals surface area contributed by atoms with Gasteiger partial charge in [0.2, 0.25) is 5.91 Å². The number of carbonyl (C=O) groups is 1. The van der Waals surface area contributed by atoms with Gasteiger partial charge in [-0.1, -0.05) is 0 Å². The van der Waals surface area contributed by atoms with Crippen LogP contribution in [-0.2, 0) is 9.53 Å². The molecule has 6 heteroatoms. The highest BCUT2D eigenvalue weighted by Gasteiger charge is 2.22. The standard InChI is InChI=1S/C12H16N4O2/c17-12-6-16(3-2-13-12)11-5-10(14-8-15-11)9-1-4-18-7-9/h5,8-9H,1-4,6-7H2,(H,13,17). The molecule has 0 aliphatic carbocycles. The average Bonchev–Trinajstić information content (AvgIpc) is 2.93. The van der Waals surface area contributed by atoms with E-state index in [0.717, 1.165) is 37.7 Å². The van der Waals surface area contributed by atoms with Crippen molar-refractivity contribution in [3.05, 3.63) is 18.1 Å². The summed E-state index contributed by atoms with van der Waals surface area (Å²) in [6.45, 7) is 3.37. The van der Waals surface area contributed by atoms with Gasteiger partial charge in [-0.25, -0.2) is 9.97 Å². The summed E-state index contributed by atoms with van der Waals surface area (Å²) in [5.41, 5.74) is 1.02. The van der Waals surface area contributed by atoms with Gasteiger partial charge in [-0.2, -0.15) is 0 Å². The Hall–Kier alpha value is -1.69. The van der Waals surface area contributed by atoms with Crippen LogP contribution in [0.4, 0.5) is 5.82 Å². The zero-order valence-corrected chi connectivity index (χ0v) is 10.1. The molecule has 0 aromatic carbocycles. The van der Waals surface area contributed by atoms with Crippen LogP contribution in [0, 0.1) is 0 Å². The molecule has 1 aromatic heterocycles. The largest absolute Gasteiger partial charge is 0.381 e. The van der Waals surface area contributed by atoms with Crippen molar-refractivity contribution in [1.82, 2.24) is 15.3 Å². The van der Waals surface area contributed by atoms with Gasteiger partial charge in [-0.05, 0) is 6.42 Å². The van der Waals surface area contributed by atoms with Crippen LogP contribution in [0.3, 0.4) is 0 Å². The van der Waals surface area contributed by atoms with E-state index in [9.17, 15) is 4.79 Å². The molecule has 1 amide bonds. The summed E-state index contributed by atoms with van der Waals surface area (Å²) in [5, 5.41) is 2.81. The van der Waals surface area contributed by atoms with Gasteiger partial charge in [0.1, 0.15) is 12.1 Å². The van der Waals surface area contributed by atoms with Gasteiger partial charge in [0.25, 0.3) is 0 Å². The number of carbonyl (C=O) groups excluding carboxylic acids is 1. The van der Waals surface area contributed by atoms with E-state index in [1.807, 2.05) is 11.0 Å². The maximum atomic E-state index is 11.4. The lowest BCUT2D eigenvalue weighted by molar-refractivity contribution is -0.120. The molecule has 1 N–H and O–H groups in total. The highest BCUT2D eigenvalue weighted by molar-refractivity contribution is 5.82. The van der Waals surface area contributed by atoms with Crippen LogP contribution in [-0.4, -0.2) is 48.7 Å². The van der Waals surface area contributed by atoms with Gasteiger partial charge in [0, 0.05) is 31.7 Å². The first kappa shape index (κ1) is 11.4. The lowest BCUT2D eigenvalue weighted by Crippen LogP contribution is -2.48. The highest BCUT2D eigenvalue weighted by Crippen LogP contribution is 2.25. The third-order valence-electron chi connectivity index (χ3n) is 3.38. The molecular formula is C12H16N4O2. The minimum atomic E-state index is 0.0469. The van der Waals surface area contributed by atoms with Crippen molar-refractivity contribution in [3.63, 3.8) is 0 Å². The third-order valence-corrected chi connectivity index (χ3v) is 3.38. The number of aromatic nitrogens is 2. The Kier molecular flexibility index (Phi) is 3.10. The molecule has 1 atom stereocenters. The molecule has 0 saturated carbocycles. The van der Waals surface area contributed by atoms with E-state index in [0.29, 0.717) is 19.0 Å². The molecule has 0 radical (unpaired) electrons. The van der Waals surface area contributed by atoms with E-state index in [1.54, 1.807) is 6.33 Å². The van der Waals surface area contributed by atoms with E-state index in [1.165, 1.54) is 0 Å². The Morgan fingerprint density at radius 2 is 2.39 bits per heavy atom. The van der Waals surface area contributed by atoms with Crippen molar-refractivity contribution in [2.24, 2.45) is 0 Å². The second-order valence-electron chi connectivity index (χ2n) is 4.63. The van der Waals surface area contributed by atoms with Crippen molar-refractivity contribution in [3.8, 4) is 0 Å². The van der Waals surface area contributed by atoms with Gasteiger partial charge in [0.05, 0.1) is 18.8 Å². The predicted octanol–water partition coefficient (Wildman–Crippen LogP) is -0.0833. The first-order valence-electron chi connectivity index (χ1n) is 6.24. The van der Waals surface area contributed by atoms with Crippen LogP contribution >= 0.6 is 0 Å². The van der Waals surface area contributed by atoms with E-state index in [2.05, 4.69) is 15.3 Å². The zero-order chi connectivity index (χ0) is 12.4. The van der Waals surface area contributed by atoms with Crippen molar-refractivity contribution in [1.29, 1.82) is 0 Å².